The summed E-state index contributed by atoms with van der Waals surface area (Å²) in [6.07, 6.45) is 4.76. The first kappa shape index (κ1) is 13.3. The third-order valence-electron chi connectivity index (χ3n) is 3.02. The molecule has 0 aromatic carbocycles. The number of rotatable bonds is 7. The summed E-state index contributed by atoms with van der Waals surface area (Å²) < 4.78 is 0. The van der Waals surface area contributed by atoms with Crippen molar-refractivity contribution in [1.82, 2.24) is 5.32 Å². The molecule has 2 nitrogen and oxygen atoms in total. The Hall–Kier alpha value is 0.270. The van der Waals surface area contributed by atoms with Gasteiger partial charge in [0.1, 0.15) is 0 Å². The van der Waals surface area contributed by atoms with E-state index in [9.17, 15) is 5.11 Å². The van der Waals surface area contributed by atoms with Gasteiger partial charge >= 0.3 is 0 Å². The molecular weight excluding hydrogens is 206 g/mol. The number of hydrogen-bond donors (Lipinski definition) is 2. The highest BCUT2D eigenvalue weighted by molar-refractivity contribution is 7.98. The highest BCUT2D eigenvalue weighted by atomic mass is 32.2. The molecule has 1 aliphatic carbocycles. The Kier molecular flexibility index (Phi) is 4.94. The van der Waals surface area contributed by atoms with Crippen LogP contribution in [0.3, 0.4) is 0 Å². The van der Waals surface area contributed by atoms with Gasteiger partial charge in [-0.05, 0) is 37.9 Å². The van der Waals surface area contributed by atoms with Gasteiger partial charge in [-0.3, -0.25) is 0 Å². The molecule has 0 aliphatic heterocycles. The van der Waals surface area contributed by atoms with Crippen molar-refractivity contribution in [1.29, 1.82) is 0 Å². The average Bonchev–Trinajstić information content (AvgIpc) is 2.87. The number of aliphatic hydroxyl groups is 1. The van der Waals surface area contributed by atoms with Gasteiger partial charge in [0, 0.05) is 18.3 Å². The molecule has 2 N–H and O–H groups in total. The van der Waals surface area contributed by atoms with Gasteiger partial charge < -0.3 is 10.4 Å². The molecule has 1 saturated carbocycles. The van der Waals surface area contributed by atoms with E-state index in [4.69, 9.17) is 0 Å². The Morgan fingerprint density at radius 3 is 2.47 bits per heavy atom. The van der Waals surface area contributed by atoms with Crippen LogP contribution in [0.5, 0.6) is 0 Å². The molecule has 0 aromatic rings. The van der Waals surface area contributed by atoms with Crippen molar-refractivity contribution in [2.75, 3.05) is 18.6 Å². The summed E-state index contributed by atoms with van der Waals surface area (Å²) in [5.41, 5.74) is -0.568. The van der Waals surface area contributed by atoms with Crippen molar-refractivity contribution in [3.8, 4) is 0 Å². The molecule has 0 aromatic heterocycles. The van der Waals surface area contributed by atoms with Crippen molar-refractivity contribution >= 4 is 11.8 Å². The van der Waals surface area contributed by atoms with Gasteiger partial charge in [0.15, 0.2) is 0 Å². The molecule has 0 heterocycles. The molecule has 1 fully saturated rings. The van der Waals surface area contributed by atoms with E-state index < -0.39 is 5.60 Å². The normalized spacial score (nSPS) is 22.8. The molecule has 90 valence electrons. The lowest BCUT2D eigenvalue weighted by Gasteiger charge is -2.28. The van der Waals surface area contributed by atoms with E-state index in [1.165, 1.54) is 12.8 Å². The van der Waals surface area contributed by atoms with Crippen LogP contribution in [0.2, 0.25) is 0 Å². The Bertz CT molecular complexity index is 188. The molecule has 0 radical (unpaired) electrons. The molecule has 15 heavy (non-hydrogen) atoms. The second-order valence-electron chi connectivity index (χ2n) is 5.42. The molecular formula is C12H25NOS. The minimum Gasteiger partial charge on any atom is -0.388 e. The summed E-state index contributed by atoms with van der Waals surface area (Å²) in [4.78, 5) is 0. The fourth-order valence-corrected chi connectivity index (χ4v) is 2.83. The van der Waals surface area contributed by atoms with Crippen LogP contribution in [0.4, 0.5) is 0 Å². The summed E-state index contributed by atoms with van der Waals surface area (Å²) in [7, 11) is 0. The zero-order valence-electron chi connectivity index (χ0n) is 10.4. The first-order valence-electron chi connectivity index (χ1n) is 5.91. The van der Waals surface area contributed by atoms with Crippen LogP contribution in [-0.2, 0) is 0 Å². The van der Waals surface area contributed by atoms with E-state index in [0.29, 0.717) is 18.5 Å². The minimum absolute atomic E-state index is 0.568. The zero-order valence-corrected chi connectivity index (χ0v) is 11.2. The molecule has 0 spiro atoms. The molecule has 0 amide bonds. The van der Waals surface area contributed by atoms with Gasteiger partial charge in [0.05, 0.1) is 5.60 Å². The lowest BCUT2D eigenvalue weighted by atomic mass is 9.98. The van der Waals surface area contributed by atoms with Crippen molar-refractivity contribution in [2.45, 2.75) is 45.3 Å². The van der Waals surface area contributed by atoms with Crippen LogP contribution in [0.25, 0.3) is 0 Å². The lowest BCUT2D eigenvalue weighted by molar-refractivity contribution is 0.0779. The van der Waals surface area contributed by atoms with E-state index in [1.54, 1.807) is 11.8 Å². The number of thioether (sulfide) groups is 1. The topological polar surface area (TPSA) is 32.3 Å². The second-order valence-corrected chi connectivity index (χ2v) is 6.28. The molecule has 3 heteroatoms. The predicted octanol–water partition coefficient (Wildman–Crippen LogP) is 2.12. The van der Waals surface area contributed by atoms with Gasteiger partial charge in [0.2, 0.25) is 0 Å². The maximum Gasteiger partial charge on any atom is 0.0833 e. The standard InChI is InChI=1S/C12H25NOS/c1-9(2)11(10-5-6-10)13-7-12(3,14)8-15-4/h9-11,13-14H,5-8H2,1-4H3. The Morgan fingerprint density at radius 1 is 1.47 bits per heavy atom. The van der Waals surface area contributed by atoms with Crippen LogP contribution >= 0.6 is 11.8 Å². The largest absolute Gasteiger partial charge is 0.388 e. The summed E-state index contributed by atoms with van der Waals surface area (Å²) in [5, 5.41) is 13.6. The molecule has 0 saturated heterocycles. The van der Waals surface area contributed by atoms with Crippen molar-refractivity contribution in [2.24, 2.45) is 11.8 Å². The van der Waals surface area contributed by atoms with Crippen molar-refractivity contribution in [3.05, 3.63) is 0 Å². The summed E-state index contributed by atoms with van der Waals surface area (Å²) in [6, 6.07) is 0.596. The van der Waals surface area contributed by atoms with Gasteiger partial charge in [-0.25, -0.2) is 0 Å². The maximum absolute atomic E-state index is 10.1. The van der Waals surface area contributed by atoms with E-state index in [-0.39, 0.29) is 0 Å². The van der Waals surface area contributed by atoms with E-state index in [2.05, 4.69) is 19.2 Å². The van der Waals surface area contributed by atoms with Crippen molar-refractivity contribution < 1.29 is 5.11 Å². The summed E-state index contributed by atoms with van der Waals surface area (Å²) in [5.74, 6) is 2.33. The smallest absolute Gasteiger partial charge is 0.0833 e. The van der Waals surface area contributed by atoms with E-state index in [1.807, 2.05) is 13.2 Å². The first-order chi connectivity index (χ1) is 6.96. The Morgan fingerprint density at radius 2 is 2.07 bits per heavy atom. The maximum atomic E-state index is 10.1. The van der Waals surface area contributed by atoms with Crippen molar-refractivity contribution in [3.63, 3.8) is 0 Å². The first-order valence-corrected chi connectivity index (χ1v) is 7.30. The highest BCUT2D eigenvalue weighted by Crippen LogP contribution is 2.35. The van der Waals surface area contributed by atoms with Crippen LogP contribution in [0, 0.1) is 11.8 Å². The van der Waals surface area contributed by atoms with Crippen LogP contribution in [0.15, 0.2) is 0 Å². The van der Waals surface area contributed by atoms with Gasteiger partial charge in [-0.2, -0.15) is 11.8 Å². The SMILES string of the molecule is CSCC(C)(O)CNC(C(C)C)C1CC1. The van der Waals surface area contributed by atoms with E-state index in [0.717, 1.165) is 11.7 Å². The highest BCUT2D eigenvalue weighted by Gasteiger charge is 2.34. The number of nitrogens with one attached hydrogen (secondary N) is 1. The van der Waals surface area contributed by atoms with Crippen LogP contribution in [0.1, 0.15) is 33.6 Å². The third-order valence-corrected chi connectivity index (χ3v) is 3.93. The van der Waals surface area contributed by atoms with Gasteiger partial charge in [-0.15, -0.1) is 0 Å². The average molecular weight is 231 g/mol. The number of hydrogen-bond acceptors (Lipinski definition) is 3. The fraction of sp³-hybridized carbons (Fsp3) is 1.00. The second kappa shape index (κ2) is 5.55. The van der Waals surface area contributed by atoms with Crippen LogP contribution < -0.4 is 5.32 Å². The predicted molar refractivity (Wildman–Crippen MR) is 68.4 cm³/mol. The summed E-state index contributed by atoms with van der Waals surface area (Å²) in [6.45, 7) is 7.16. The van der Waals surface area contributed by atoms with Crippen LogP contribution in [-0.4, -0.2) is 35.3 Å². The van der Waals surface area contributed by atoms with E-state index >= 15 is 0 Å². The molecule has 2 atom stereocenters. The lowest BCUT2D eigenvalue weighted by Crippen LogP contribution is -2.46. The monoisotopic (exact) mass is 231 g/mol. The Labute approximate surface area is 98.2 Å². The van der Waals surface area contributed by atoms with Gasteiger partial charge in [-0.1, -0.05) is 13.8 Å². The third kappa shape index (κ3) is 4.75. The molecule has 1 rings (SSSR count). The molecule has 1 aliphatic rings. The minimum atomic E-state index is -0.568. The fourth-order valence-electron chi connectivity index (χ4n) is 2.10. The molecule has 0 bridgehead atoms. The molecule has 2 unspecified atom stereocenters. The zero-order chi connectivity index (χ0) is 11.5. The van der Waals surface area contributed by atoms with Gasteiger partial charge in [0.25, 0.3) is 0 Å². The quantitative estimate of drug-likeness (QED) is 0.704. The summed E-state index contributed by atoms with van der Waals surface area (Å²) >= 11 is 1.70. The Balaban J connectivity index is 2.32.